The van der Waals surface area contributed by atoms with Crippen molar-refractivity contribution in [3.05, 3.63) is 29.8 Å². The summed E-state index contributed by atoms with van der Waals surface area (Å²) in [7, 11) is 0. The molecule has 4 amide bonds. The number of amides is 4. The molecule has 14 nitrogen and oxygen atoms in total. The first kappa shape index (κ1) is 33.2. The summed E-state index contributed by atoms with van der Waals surface area (Å²) in [6, 6.07) is 0.716. The Morgan fingerprint density at radius 2 is 1.38 bits per heavy atom. The largest absolute Gasteiger partial charge is 0.508 e. The van der Waals surface area contributed by atoms with E-state index in [1.807, 2.05) is 0 Å². The number of thioether (sulfide) groups is 1. The van der Waals surface area contributed by atoms with E-state index in [2.05, 4.69) is 16.0 Å². The second kappa shape index (κ2) is 16.9. The van der Waals surface area contributed by atoms with Crippen molar-refractivity contribution < 1.29 is 44.1 Å². The number of hydrogen-bond donors (Lipinski definition) is 8. The molecule has 1 rings (SSSR count). The Balaban J connectivity index is 3.12. The minimum absolute atomic E-state index is 0.0275. The van der Waals surface area contributed by atoms with Crippen molar-refractivity contribution in [2.45, 2.75) is 62.7 Å². The lowest BCUT2D eigenvalue weighted by atomic mass is 10.0. The van der Waals surface area contributed by atoms with Crippen molar-refractivity contribution in [2.75, 3.05) is 12.0 Å². The van der Waals surface area contributed by atoms with Crippen LogP contribution in [0.4, 0.5) is 0 Å². The van der Waals surface area contributed by atoms with Crippen LogP contribution in [0.2, 0.25) is 0 Å². The summed E-state index contributed by atoms with van der Waals surface area (Å²) >= 11 is 1.40. The molecule has 0 fully saturated rings. The number of aliphatic carboxylic acids is 2. The Morgan fingerprint density at radius 3 is 1.92 bits per heavy atom. The first-order valence-electron chi connectivity index (χ1n) is 12.0. The normalized spacial score (nSPS) is 13.8. The Morgan fingerprint density at radius 1 is 0.821 bits per heavy atom. The highest BCUT2D eigenvalue weighted by Gasteiger charge is 2.30. The van der Waals surface area contributed by atoms with Crippen LogP contribution in [0.1, 0.15) is 37.7 Å². The van der Waals surface area contributed by atoms with Crippen LogP contribution in [0, 0.1) is 0 Å². The molecule has 0 saturated carbocycles. The lowest BCUT2D eigenvalue weighted by molar-refractivity contribution is -0.142. The third-order valence-electron chi connectivity index (χ3n) is 5.55. The van der Waals surface area contributed by atoms with Crippen molar-refractivity contribution in [1.82, 2.24) is 16.0 Å². The van der Waals surface area contributed by atoms with Crippen LogP contribution in [-0.4, -0.2) is 87.1 Å². The van der Waals surface area contributed by atoms with Gasteiger partial charge in [0.1, 0.15) is 23.9 Å². The number of nitrogens with two attached hydrogens (primary N) is 2. The van der Waals surface area contributed by atoms with Crippen molar-refractivity contribution in [1.29, 1.82) is 0 Å². The number of phenols is 1. The Hall–Kier alpha value is -3.85. The summed E-state index contributed by atoms with van der Waals surface area (Å²) in [6.45, 7) is 0. The number of hydrogen-bond acceptors (Lipinski definition) is 9. The molecule has 0 radical (unpaired) electrons. The van der Waals surface area contributed by atoms with E-state index in [0.29, 0.717) is 11.3 Å². The third kappa shape index (κ3) is 13.0. The number of rotatable bonds is 18. The number of carboxylic acids is 2. The fraction of sp³-hybridized carbons (Fsp3) is 0.500. The first-order chi connectivity index (χ1) is 18.3. The monoisotopic (exact) mass is 569 g/mol. The number of carbonyl (C=O) groups excluding carboxylic acids is 4. The zero-order chi connectivity index (χ0) is 29.5. The van der Waals surface area contributed by atoms with E-state index in [4.69, 9.17) is 16.6 Å². The maximum atomic E-state index is 13.2. The zero-order valence-electron chi connectivity index (χ0n) is 21.4. The predicted octanol–water partition coefficient (Wildman–Crippen LogP) is -1.32. The van der Waals surface area contributed by atoms with Gasteiger partial charge in [-0.25, -0.2) is 4.79 Å². The molecule has 0 aliphatic rings. The minimum atomic E-state index is -1.46. The number of primary amides is 1. The van der Waals surface area contributed by atoms with Crippen LogP contribution < -0.4 is 27.4 Å². The van der Waals surface area contributed by atoms with Gasteiger partial charge in [0.25, 0.3) is 0 Å². The molecule has 0 spiro atoms. The van der Waals surface area contributed by atoms with E-state index in [0.717, 1.165) is 0 Å². The van der Waals surface area contributed by atoms with Crippen LogP contribution >= 0.6 is 11.8 Å². The number of carbonyl (C=O) groups is 6. The number of nitrogens with one attached hydrogen (secondary N) is 3. The van der Waals surface area contributed by atoms with Crippen LogP contribution in [0.3, 0.4) is 0 Å². The van der Waals surface area contributed by atoms with Gasteiger partial charge in [-0.15, -0.1) is 0 Å². The van der Waals surface area contributed by atoms with Crippen molar-refractivity contribution in [3.8, 4) is 5.75 Å². The summed E-state index contributed by atoms with van der Waals surface area (Å²) in [5.74, 6) is -5.21. The highest BCUT2D eigenvalue weighted by atomic mass is 32.2. The zero-order valence-corrected chi connectivity index (χ0v) is 22.2. The second-order valence-corrected chi connectivity index (χ2v) is 9.70. The maximum absolute atomic E-state index is 13.2. The van der Waals surface area contributed by atoms with Crippen molar-refractivity contribution >= 4 is 47.3 Å². The van der Waals surface area contributed by atoms with Gasteiger partial charge < -0.3 is 42.7 Å². The van der Waals surface area contributed by atoms with Gasteiger partial charge in [-0.3, -0.25) is 24.0 Å². The number of phenolic OH excluding ortho intramolecular Hbond substituents is 1. The fourth-order valence-corrected chi connectivity index (χ4v) is 3.83. The lowest BCUT2D eigenvalue weighted by Crippen LogP contribution is -2.57. The highest BCUT2D eigenvalue weighted by Crippen LogP contribution is 2.13. The molecule has 0 saturated heterocycles. The van der Waals surface area contributed by atoms with E-state index in [1.54, 1.807) is 6.26 Å². The number of benzene rings is 1. The van der Waals surface area contributed by atoms with Crippen LogP contribution in [0.25, 0.3) is 0 Å². The number of carboxylic acid groups (broad SMARTS) is 2. The smallest absolute Gasteiger partial charge is 0.326 e. The molecule has 4 unspecified atom stereocenters. The molecule has 10 N–H and O–H groups in total. The van der Waals surface area contributed by atoms with Gasteiger partial charge >= 0.3 is 11.9 Å². The molecule has 216 valence electrons. The molecule has 1 aromatic rings. The average Bonchev–Trinajstić information content (AvgIpc) is 2.87. The average molecular weight is 570 g/mol. The summed E-state index contributed by atoms with van der Waals surface area (Å²) in [4.78, 5) is 72.3. The first-order valence-corrected chi connectivity index (χ1v) is 13.4. The van der Waals surface area contributed by atoms with E-state index < -0.39 is 59.7 Å². The van der Waals surface area contributed by atoms with Crippen molar-refractivity contribution in [3.63, 3.8) is 0 Å². The molecule has 39 heavy (non-hydrogen) atoms. The maximum Gasteiger partial charge on any atom is 0.326 e. The molecular weight excluding hydrogens is 534 g/mol. The van der Waals surface area contributed by atoms with Gasteiger partial charge in [-0.2, -0.15) is 11.8 Å². The van der Waals surface area contributed by atoms with Gasteiger partial charge in [0.15, 0.2) is 0 Å². The summed E-state index contributed by atoms with van der Waals surface area (Å²) < 4.78 is 0. The van der Waals surface area contributed by atoms with Gasteiger partial charge in [-0.1, -0.05) is 12.1 Å². The van der Waals surface area contributed by atoms with E-state index in [-0.39, 0.29) is 44.3 Å². The number of aromatic hydroxyl groups is 1. The van der Waals surface area contributed by atoms with E-state index in [1.165, 1.54) is 36.0 Å². The van der Waals surface area contributed by atoms with Crippen LogP contribution in [-0.2, 0) is 35.2 Å². The van der Waals surface area contributed by atoms with E-state index in [9.17, 15) is 39.0 Å². The fourth-order valence-electron chi connectivity index (χ4n) is 3.36. The van der Waals surface area contributed by atoms with Crippen LogP contribution in [0.5, 0.6) is 5.75 Å². The lowest BCUT2D eigenvalue weighted by Gasteiger charge is -2.25. The van der Waals surface area contributed by atoms with Gasteiger partial charge in [0, 0.05) is 19.3 Å². The summed E-state index contributed by atoms with van der Waals surface area (Å²) in [6.07, 6.45) is 0.801. The topological polar surface area (TPSA) is 251 Å². The second-order valence-electron chi connectivity index (χ2n) is 8.72. The third-order valence-corrected chi connectivity index (χ3v) is 6.20. The highest BCUT2D eigenvalue weighted by molar-refractivity contribution is 7.98. The molecule has 0 heterocycles. The molecular formula is C24H35N5O9S. The van der Waals surface area contributed by atoms with Crippen molar-refractivity contribution in [2.24, 2.45) is 11.5 Å². The molecule has 0 aliphatic carbocycles. The van der Waals surface area contributed by atoms with Gasteiger partial charge in [0.05, 0.1) is 6.04 Å². The minimum Gasteiger partial charge on any atom is -0.508 e. The molecule has 0 aromatic heterocycles. The summed E-state index contributed by atoms with van der Waals surface area (Å²) in [5.41, 5.74) is 11.4. The van der Waals surface area contributed by atoms with Gasteiger partial charge in [0.2, 0.25) is 23.6 Å². The summed E-state index contributed by atoms with van der Waals surface area (Å²) in [5, 5.41) is 35.1. The van der Waals surface area contributed by atoms with Gasteiger partial charge in [-0.05, 0) is 49.0 Å². The molecule has 15 heteroatoms. The predicted molar refractivity (Wildman–Crippen MR) is 142 cm³/mol. The molecule has 0 bridgehead atoms. The molecule has 0 aliphatic heterocycles. The Labute approximate surface area is 229 Å². The SMILES string of the molecule is CSCCC(NC(=O)C(N)CCC(=O)O)C(=O)NC(Cc1ccc(O)cc1)C(=O)NC(CCC(N)=O)C(=O)O. The Bertz CT molecular complexity index is 1020. The van der Waals surface area contributed by atoms with Crippen LogP contribution in [0.15, 0.2) is 24.3 Å². The standard InChI is InChI=1S/C24H35N5O9S/c1-39-11-10-16(27-21(34)15(25)6-9-20(32)33)22(35)29-18(12-13-2-4-14(30)5-3-13)23(36)28-17(24(37)38)7-8-19(26)31/h2-5,15-18,30H,6-12,25H2,1H3,(H2,26,31)(H,27,34)(H,28,36)(H,29,35)(H,32,33)(H,37,38). The van der Waals surface area contributed by atoms with E-state index >= 15 is 0 Å². The quantitative estimate of drug-likeness (QED) is 0.103. The molecule has 1 aromatic carbocycles. The Kier molecular flexibility index (Phi) is 14.4. The molecule has 4 atom stereocenters.